The number of methoxy groups -OCH3 is 2. The summed E-state index contributed by atoms with van der Waals surface area (Å²) in [5.41, 5.74) is 0.538. The fraction of sp³-hybridized carbons (Fsp3) is 0.500. The molecule has 1 aromatic rings. The number of aliphatic hydroxyl groups excluding tert-OH is 2. The number of benzene rings is 1. The van der Waals surface area contributed by atoms with Crippen LogP contribution in [0.5, 0.6) is 11.5 Å². The summed E-state index contributed by atoms with van der Waals surface area (Å²) >= 11 is 0. The zero-order valence-electron chi connectivity index (χ0n) is 9.80. The lowest BCUT2D eigenvalue weighted by Crippen LogP contribution is -2.17. The number of aliphatic hydroxyl groups is 2. The summed E-state index contributed by atoms with van der Waals surface area (Å²) in [6.07, 6.45) is -1.29. The molecule has 0 aliphatic heterocycles. The second-order valence-corrected chi connectivity index (χ2v) is 3.53. The van der Waals surface area contributed by atoms with E-state index >= 15 is 0 Å². The summed E-state index contributed by atoms with van der Waals surface area (Å²) in [5, 5.41) is 19.6. The van der Waals surface area contributed by atoms with Crippen LogP contribution in [0.15, 0.2) is 18.2 Å². The van der Waals surface area contributed by atoms with Crippen LogP contribution in [-0.4, -0.2) is 30.5 Å². The van der Waals surface area contributed by atoms with Gasteiger partial charge in [0.05, 0.1) is 20.3 Å². The second-order valence-electron chi connectivity index (χ2n) is 3.53. The first-order chi connectivity index (χ1) is 7.63. The molecule has 2 unspecified atom stereocenters. The van der Waals surface area contributed by atoms with Crippen LogP contribution in [0.4, 0.5) is 0 Å². The lowest BCUT2D eigenvalue weighted by atomic mass is 10.0. The van der Waals surface area contributed by atoms with E-state index in [1.54, 1.807) is 32.2 Å². The molecule has 0 aliphatic rings. The van der Waals surface area contributed by atoms with Crippen molar-refractivity contribution in [3.63, 3.8) is 0 Å². The summed E-state index contributed by atoms with van der Waals surface area (Å²) in [6, 6.07) is 5.12. The third kappa shape index (κ3) is 2.65. The smallest absolute Gasteiger partial charge is 0.125 e. The fourth-order valence-corrected chi connectivity index (χ4v) is 1.50. The van der Waals surface area contributed by atoms with Gasteiger partial charge in [-0.25, -0.2) is 0 Å². The van der Waals surface area contributed by atoms with Crippen LogP contribution in [0.3, 0.4) is 0 Å². The highest BCUT2D eigenvalue weighted by atomic mass is 16.5. The summed E-state index contributed by atoms with van der Waals surface area (Å²) < 4.78 is 10.2. The van der Waals surface area contributed by atoms with Crippen LogP contribution >= 0.6 is 0 Å². The van der Waals surface area contributed by atoms with Gasteiger partial charge < -0.3 is 19.7 Å². The van der Waals surface area contributed by atoms with Gasteiger partial charge in [0.2, 0.25) is 0 Å². The summed E-state index contributed by atoms with van der Waals surface area (Å²) in [7, 11) is 3.07. The molecule has 4 nitrogen and oxygen atoms in total. The molecule has 0 amide bonds. The van der Waals surface area contributed by atoms with Crippen LogP contribution < -0.4 is 9.47 Å². The van der Waals surface area contributed by atoms with E-state index in [-0.39, 0.29) is 0 Å². The van der Waals surface area contributed by atoms with Crippen molar-refractivity contribution >= 4 is 0 Å². The normalized spacial score (nSPS) is 14.3. The Kier molecular flexibility index (Phi) is 4.58. The Morgan fingerprint density at radius 3 is 2.38 bits per heavy atom. The third-order valence-electron chi connectivity index (χ3n) is 2.54. The molecule has 90 valence electrons. The van der Waals surface area contributed by atoms with Crippen molar-refractivity contribution in [2.45, 2.75) is 25.6 Å². The molecule has 0 heterocycles. The quantitative estimate of drug-likeness (QED) is 0.799. The zero-order chi connectivity index (χ0) is 12.1. The Morgan fingerprint density at radius 2 is 1.88 bits per heavy atom. The SMILES string of the molecule is CCC(O)C(O)c1cc(OC)ccc1OC. The molecule has 0 bridgehead atoms. The van der Waals surface area contributed by atoms with Crippen molar-refractivity contribution in [1.29, 1.82) is 0 Å². The molecule has 2 N–H and O–H groups in total. The lowest BCUT2D eigenvalue weighted by Gasteiger charge is -2.19. The first-order valence-electron chi connectivity index (χ1n) is 5.22. The molecule has 0 aromatic heterocycles. The maximum Gasteiger partial charge on any atom is 0.125 e. The highest BCUT2D eigenvalue weighted by Gasteiger charge is 2.20. The Morgan fingerprint density at radius 1 is 1.19 bits per heavy atom. The van der Waals surface area contributed by atoms with E-state index in [0.29, 0.717) is 23.5 Å². The molecule has 2 atom stereocenters. The van der Waals surface area contributed by atoms with Gasteiger partial charge in [0, 0.05) is 5.56 Å². The van der Waals surface area contributed by atoms with Crippen LogP contribution in [-0.2, 0) is 0 Å². The summed E-state index contributed by atoms with van der Waals surface area (Å²) in [6.45, 7) is 1.81. The van der Waals surface area contributed by atoms with E-state index in [1.807, 2.05) is 0 Å². The fourth-order valence-electron chi connectivity index (χ4n) is 1.50. The van der Waals surface area contributed by atoms with Crippen LogP contribution in [0.2, 0.25) is 0 Å². The average Bonchev–Trinajstić information content (AvgIpc) is 2.35. The Bertz CT molecular complexity index is 338. The van der Waals surface area contributed by atoms with Crippen molar-refractivity contribution in [2.24, 2.45) is 0 Å². The topological polar surface area (TPSA) is 58.9 Å². The molecule has 0 fully saturated rings. The maximum atomic E-state index is 9.94. The van der Waals surface area contributed by atoms with Gasteiger partial charge >= 0.3 is 0 Å². The van der Waals surface area contributed by atoms with Gasteiger partial charge in [0.15, 0.2) is 0 Å². The highest BCUT2D eigenvalue weighted by Crippen LogP contribution is 2.31. The largest absolute Gasteiger partial charge is 0.497 e. The number of hydrogen-bond acceptors (Lipinski definition) is 4. The first kappa shape index (κ1) is 12.8. The van der Waals surface area contributed by atoms with E-state index in [0.717, 1.165) is 0 Å². The second kappa shape index (κ2) is 5.72. The molecular weight excluding hydrogens is 208 g/mol. The monoisotopic (exact) mass is 226 g/mol. The summed E-state index contributed by atoms with van der Waals surface area (Å²) in [4.78, 5) is 0. The average molecular weight is 226 g/mol. The minimum atomic E-state index is -0.963. The van der Waals surface area contributed by atoms with Crippen LogP contribution in [0, 0.1) is 0 Å². The molecule has 0 spiro atoms. The molecule has 1 aromatic carbocycles. The van der Waals surface area contributed by atoms with E-state index in [4.69, 9.17) is 9.47 Å². The van der Waals surface area contributed by atoms with Crippen molar-refractivity contribution < 1.29 is 19.7 Å². The Labute approximate surface area is 95.4 Å². The molecular formula is C12H18O4. The van der Waals surface area contributed by atoms with Crippen LogP contribution in [0.1, 0.15) is 25.0 Å². The molecule has 16 heavy (non-hydrogen) atoms. The van der Waals surface area contributed by atoms with E-state index in [1.165, 1.54) is 7.11 Å². The van der Waals surface area contributed by atoms with Crippen molar-refractivity contribution in [2.75, 3.05) is 14.2 Å². The summed E-state index contributed by atoms with van der Waals surface area (Å²) in [5.74, 6) is 1.17. The first-order valence-corrected chi connectivity index (χ1v) is 5.22. The standard InChI is InChI=1S/C12H18O4/c1-4-10(13)12(14)9-7-8(15-2)5-6-11(9)16-3/h5-7,10,12-14H,4H2,1-3H3. The third-order valence-corrected chi connectivity index (χ3v) is 2.54. The highest BCUT2D eigenvalue weighted by molar-refractivity contribution is 5.42. The van der Waals surface area contributed by atoms with Crippen molar-refractivity contribution in [3.05, 3.63) is 23.8 Å². The predicted octanol–water partition coefficient (Wildman–Crippen LogP) is 1.51. The maximum absolute atomic E-state index is 9.94. The minimum Gasteiger partial charge on any atom is -0.497 e. The lowest BCUT2D eigenvalue weighted by molar-refractivity contribution is 0.0150. The van der Waals surface area contributed by atoms with Gasteiger partial charge in [-0.05, 0) is 24.6 Å². The van der Waals surface area contributed by atoms with Gasteiger partial charge in [-0.1, -0.05) is 6.92 Å². The number of ether oxygens (including phenoxy) is 2. The van der Waals surface area contributed by atoms with Gasteiger partial charge in [-0.2, -0.15) is 0 Å². The molecule has 4 heteroatoms. The van der Waals surface area contributed by atoms with E-state index in [2.05, 4.69) is 0 Å². The van der Waals surface area contributed by atoms with E-state index < -0.39 is 12.2 Å². The van der Waals surface area contributed by atoms with Gasteiger partial charge in [-0.15, -0.1) is 0 Å². The van der Waals surface area contributed by atoms with Crippen LogP contribution in [0.25, 0.3) is 0 Å². The molecule has 1 rings (SSSR count). The predicted molar refractivity (Wildman–Crippen MR) is 60.8 cm³/mol. The Hall–Kier alpha value is -1.26. The Balaban J connectivity index is 3.07. The molecule has 0 radical (unpaired) electrons. The van der Waals surface area contributed by atoms with Crippen molar-refractivity contribution in [1.82, 2.24) is 0 Å². The molecule has 0 aliphatic carbocycles. The van der Waals surface area contributed by atoms with E-state index in [9.17, 15) is 10.2 Å². The van der Waals surface area contributed by atoms with Gasteiger partial charge in [0.1, 0.15) is 17.6 Å². The minimum absolute atomic E-state index is 0.474. The van der Waals surface area contributed by atoms with Gasteiger partial charge in [0.25, 0.3) is 0 Å². The van der Waals surface area contributed by atoms with Gasteiger partial charge in [-0.3, -0.25) is 0 Å². The molecule has 0 saturated carbocycles. The van der Waals surface area contributed by atoms with Crippen molar-refractivity contribution in [3.8, 4) is 11.5 Å². The molecule has 0 saturated heterocycles. The number of hydrogen-bond donors (Lipinski definition) is 2. The number of rotatable bonds is 5. The zero-order valence-corrected chi connectivity index (χ0v) is 9.80.